The van der Waals surface area contributed by atoms with E-state index in [0.717, 1.165) is 29.6 Å². The van der Waals surface area contributed by atoms with Crippen LogP contribution in [-0.2, 0) is 26.1 Å². The number of nitrogens with zero attached hydrogens (tertiary/aromatic N) is 2. The average Bonchev–Trinajstić information content (AvgIpc) is 2.67. The second-order valence-corrected chi connectivity index (χ2v) is 7.33. The van der Waals surface area contributed by atoms with Crippen molar-refractivity contribution in [2.24, 2.45) is 0 Å². The molecule has 144 valence electrons. The fourth-order valence-electron chi connectivity index (χ4n) is 2.34. The molecule has 0 fully saturated rings. The van der Waals surface area contributed by atoms with E-state index in [2.05, 4.69) is 4.74 Å². The first kappa shape index (κ1) is 20.3. The minimum Gasteiger partial charge on any atom is -0.495 e. The lowest BCUT2D eigenvalue weighted by molar-refractivity contribution is -0.385. The van der Waals surface area contributed by atoms with E-state index in [1.54, 1.807) is 30.3 Å². The van der Waals surface area contributed by atoms with Crippen molar-refractivity contribution in [3.05, 3.63) is 64.2 Å². The van der Waals surface area contributed by atoms with Crippen LogP contribution in [0.2, 0.25) is 0 Å². The number of carbonyl (C=O) groups is 1. The van der Waals surface area contributed by atoms with E-state index in [-0.39, 0.29) is 22.9 Å². The van der Waals surface area contributed by atoms with Crippen LogP contribution in [0.4, 0.5) is 5.69 Å². The predicted octanol–water partition coefficient (Wildman–Crippen LogP) is 1.97. The molecule has 9 nitrogen and oxygen atoms in total. The number of carbonyl (C=O) groups excluding carboxylic acids is 1. The Morgan fingerprint density at radius 3 is 2.37 bits per heavy atom. The SMILES string of the molecule is COC(=O)CN(Cc1ccccc1)S(=O)(=O)c1ccc([N+](=O)[O-])cc1OC. The Balaban J connectivity index is 2.49. The van der Waals surface area contributed by atoms with E-state index in [0.29, 0.717) is 5.56 Å². The number of methoxy groups -OCH3 is 2. The van der Waals surface area contributed by atoms with Gasteiger partial charge in [0.2, 0.25) is 10.0 Å². The van der Waals surface area contributed by atoms with E-state index >= 15 is 0 Å². The quantitative estimate of drug-likeness (QED) is 0.382. The molecule has 0 unspecified atom stereocenters. The topological polar surface area (TPSA) is 116 Å². The summed E-state index contributed by atoms with van der Waals surface area (Å²) in [5.41, 5.74) is 0.347. The third-order valence-electron chi connectivity index (χ3n) is 3.71. The van der Waals surface area contributed by atoms with E-state index in [1.165, 1.54) is 7.11 Å². The largest absolute Gasteiger partial charge is 0.495 e. The molecule has 0 aliphatic rings. The lowest BCUT2D eigenvalue weighted by Crippen LogP contribution is -2.36. The number of nitro benzene ring substituents is 1. The molecule has 0 spiro atoms. The summed E-state index contributed by atoms with van der Waals surface area (Å²) in [4.78, 5) is 21.7. The number of hydrogen-bond acceptors (Lipinski definition) is 7. The molecule has 0 atom stereocenters. The van der Waals surface area contributed by atoms with Crippen LogP contribution in [0.1, 0.15) is 5.56 Å². The Kier molecular flexibility index (Phi) is 6.48. The number of nitro groups is 1. The first-order valence-corrected chi connectivity index (χ1v) is 9.17. The van der Waals surface area contributed by atoms with Gasteiger partial charge in [-0.3, -0.25) is 14.9 Å². The van der Waals surface area contributed by atoms with Crippen molar-refractivity contribution >= 4 is 21.7 Å². The van der Waals surface area contributed by atoms with Crippen LogP contribution >= 0.6 is 0 Å². The zero-order valence-electron chi connectivity index (χ0n) is 14.7. The predicted molar refractivity (Wildman–Crippen MR) is 95.7 cm³/mol. The van der Waals surface area contributed by atoms with Crippen LogP contribution in [0.15, 0.2) is 53.4 Å². The Hall–Kier alpha value is -2.98. The number of non-ortho nitro benzene ring substituents is 1. The minimum absolute atomic E-state index is 0.0849. The number of sulfonamides is 1. The van der Waals surface area contributed by atoms with Gasteiger partial charge in [0.15, 0.2) is 0 Å². The van der Waals surface area contributed by atoms with Gasteiger partial charge < -0.3 is 9.47 Å². The molecule has 10 heteroatoms. The van der Waals surface area contributed by atoms with E-state index in [1.807, 2.05) is 0 Å². The number of ether oxygens (including phenoxy) is 2. The maximum Gasteiger partial charge on any atom is 0.321 e. The Labute approximate surface area is 156 Å². The zero-order valence-corrected chi connectivity index (χ0v) is 15.5. The molecule has 27 heavy (non-hydrogen) atoms. The summed E-state index contributed by atoms with van der Waals surface area (Å²) in [5, 5.41) is 10.9. The molecule has 2 aromatic carbocycles. The summed E-state index contributed by atoms with van der Waals surface area (Å²) >= 11 is 0. The second kappa shape index (κ2) is 8.60. The van der Waals surface area contributed by atoms with Crippen LogP contribution in [0.25, 0.3) is 0 Å². The third-order valence-corrected chi connectivity index (χ3v) is 5.54. The van der Waals surface area contributed by atoms with Gasteiger partial charge in [0, 0.05) is 12.6 Å². The zero-order chi connectivity index (χ0) is 20.0. The molecule has 0 saturated heterocycles. The van der Waals surface area contributed by atoms with Crippen LogP contribution in [-0.4, -0.2) is 44.4 Å². The lowest BCUT2D eigenvalue weighted by Gasteiger charge is -2.22. The van der Waals surface area contributed by atoms with Crippen LogP contribution in [0.3, 0.4) is 0 Å². The molecular weight excluding hydrogens is 376 g/mol. The molecule has 0 aliphatic carbocycles. The Bertz CT molecular complexity index is 930. The van der Waals surface area contributed by atoms with Crippen molar-refractivity contribution in [2.45, 2.75) is 11.4 Å². The first-order chi connectivity index (χ1) is 12.8. The molecule has 0 bridgehead atoms. The maximum absolute atomic E-state index is 13.1. The van der Waals surface area contributed by atoms with E-state index in [9.17, 15) is 23.3 Å². The van der Waals surface area contributed by atoms with Crippen molar-refractivity contribution in [2.75, 3.05) is 20.8 Å². The van der Waals surface area contributed by atoms with Crippen molar-refractivity contribution in [1.29, 1.82) is 0 Å². The highest BCUT2D eigenvalue weighted by Crippen LogP contribution is 2.31. The van der Waals surface area contributed by atoms with Gasteiger partial charge >= 0.3 is 5.97 Å². The highest BCUT2D eigenvalue weighted by molar-refractivity contribution is 7.89. The minimum atomic E-state index is -4.20. The molecule has 0 aliphatic heterocycles. The summed E-state index contributed by atoms with van der Waals surface area (Å²) in [6.07, 6.45) is 0. The molecule has 2 aromatic rings. The van der Waals surface area contributed by atoms with Crippen molar-refractivity contribution in [3.8, 4) is 5.75 Å². The number of benzene rings is 2. The van der Waals surface area contributed by atoms with Gasteiger partial charge in [-0.1, -0.05) is 30.3 Å². The van der Waals surface area contributed by atoms with Gasteiger partial charge in [-0.2, -0.15) is 4.31 Å². The molecule has 0 amide bonds. The van der Waals surface area contributed by atoms with E-state index in [4.69, 9.17) is 4.74 Å². The molecular formula is C17H18N2O7S. The summed E-state index contributed by atoms with van der Waals surface area (Å²) in [6.45, 7) is -0.605. The van der Waals surface area contributed by atoms with Crippen molar-refractivity contribution in [3.63, 3.8) is 0 Å². The Morgan fingerprint density at radius 2 is 1.81 bits per heavy atom. The fraction of sp³-hybridized carbons (Fsp3) is 0.235. The van der Waals surface area contributed by atoms with Gasteiger partial charge in [-0.05, 0) is 11.6 Å². The molecule has 2 rings (SSSR count). The molecule has 0 N–H and O–H groups in total. The van der Waals surface area contributed by atoms with Gasteiger partial charge in [0.25, 0.3) is 5.69 Å². The van der Waals surface area contributed by atoms with E-state index < -0.39 is 27.5 Å². The van der Waals surface area contributed by atoms with Gasteiger partial charge in [0.1, 0.15) is 17.2 Å². The number of rotatable bonds is 8. The van der Waals surface area contributed by atoms with Crippen molar-refractivity contribution in [1.82, 2.24) is 4.31 Å². The summed E-state index contributed by atoms with van der Waals surface area (Å²) in [7, 11) is -1.84. The second-order valence-electron chi connectivity index (χ2n) is 5.43. The maximum atomic E-state index is 13.1. The van der Waals surface area contributed by atoms with Gasteiger partial charge in [-0.25, -0.2) is 8.42 Å². The molecule has 0 radical (unpaired) electrons. The highest BCUT2D eigenvalue weighted by Gasteiger charge is 2.31. The third kappa shape index (κ3) is 4.80. The molecule has 0 heterocycles. The summed E-state index contributed by atoms with van der Waals surface area (Å²) in [5.74, 6) is -0.928. The first-order valence-electron chi connectivity index (χ1n) is 7.73. The van der Waals surface area contributed by atoms with Gasteiger partial charge in [0.05, 0.1) is 25.2 Å². The molecule has 0 saturated carbocycles. The lowest BCUT2D eigenvalue weighted by atomic mass is 10.2. The highest BCUT2D eigenvalue weighted by atomic mass is 32.2. The standard InChI is InChI=1S/C17H18N2O7S/c1-25-15-10-14(19(21)22)8-9-16(15)27(23,24)18(12-17(20)26-2)11-13-6-4-3-5-7-13/h3-10H,11-12H2,1-2H3. The van der Waals surface area contributed by atoms with Crippen LogP contribution in [0.5, 0.6) is 5.75 Å². The van der Waals surface area contributed by atoms with Crippen LogP contribution < -0.4 is 4.74 Å². The smallest absolute Gasteiger partial charge is 0.321 e. The van der Waals surface area contributed by atoms with Gasteiger partial charge in [-0.15, -0.1) is 0 Å². The van der Waals surface area contributed by atoms with Crippen LogP contribution in [0, 0.1) is 10.1 Å². The van der Waals surface area contributed by atoms with Crippen molar-refractivity contribution < 1.29 is 27.6 Å². The fourth-order valence-corrected chi connectivity index (χ4v) is 3.85. The number of hydrogen-bond donors (Lipinski definition) is 0. The number of esters is 1. The average molecular weight is 394 g/mol. The molecule has 0 aromatic heterocycles. The monoisotopic (exact) mass is 394 g/mol. The summed E-state index contributed by atoms with van der Waals surface area (Å²) < 4.78 is 36.8. The normalized spacial score (nSPS) is 11.2. The summed E-state index contributed by atoms with van der Waals surface area (Å²) in [6, 6.07) is 11.9. The Morgan fingerprint density at radius 1 is 1.15 bits per heavy atom.